The Morgan fingerprint density at radius 2 is 1.86 bits per heavy atom. The van der Waals surface area contributed by atoms with Gasteiger partial charge in [-0.15, -0.1) is 0 Å². The Morgan fingerprint density at radius 1 is 1.23 bits per heavy atom. The van der Waals surface area contributed by atoms with Gasteiger partial charge in [0, 0.05) is 12.7 Å². The van der Waals surface area contributed by atoms with E-state index in [1.54, 1.807) is 0 Å². The van der Waals surface area contributed by atoms with Crippen molar-refractivity contribution in [1.29, 1.82) is 0 Å². The van der Waals surface area contributed by atoms with Crippen LogP contribution in [0, 0.1) is 13.8 Å². The zero-order chi connectivity index (χ0) is 16.3. The van der Waals surface area contributed by atoms with Crippen LogP contribution in [-0.2, 0) is 7.05 Å². The van der Waals surface area contributed by atoms with Crippen molar-refractivity contribution in [1.82, 2.24) is 9.78 Å². The van der Waals surface area contributed by atoms with Crippen LogP contribution in [0.25, 0.3) is 0 Å². The first-order valence-corrected chi connectivity index (χ1v) is 8.01. The Balaban J connectivity index is 2.03. The molecule has 0 saturated heterocycles. The van der Waals surface area contributed by atoms with Crippen LogP contribution in [0.1, 0.15) is 43.1 Å². The second-order valence-electron chi connectivity index (χ2n) is 5.68. The van der Waals surface area contributed by atoms with E-state index < -0.39 is 0 Å². The number of hydrogen-bond acceptors (Lipinski definition) is 2. The van der Waals surface area contributed by atoms with E-state index in [4.69, 9.17) is 12.2 Å². The predicted octanol–water partition coefficient (Wildman–Crippen LogP) is 4.36. The van der Waals surface area contributed by atoms with Gasteiger partial charge in [-0.3, -0.25) is 4.68 Å². The van der Waals surface area contributed by atoms with Crippen molar-refractivity contribution in [3.05, 3.63) is 41.2 Å². The molecule has 22 heavy (non-hydrogen) atoms. The fourth-order valence-electron chi connectivity index (χ4n) is 2.36. The fraction of sp³-hybridized carbons (Fsp3) is 0.412. The van der Waals surface area contributed by atoms with Gasteiger partial charge in [0.05, 0.1) is 17.1 Å². The van der Waals surface area contributed by atoms with E-state index in [0.29, 0.717) is 11.0 Å². The third kappa shape index (κ3) is 3.65. The second kappa shape index (κ2) is 6.92. The van der Waals surface area contributed by atoms with E-state index in [9.17, 15) is 0 Å². The molecule has 5 heteroatoms. The van der Waals surface area contributed by atoms with Gasteiger partial charge in [0.1, 0.15) is 0 Å². The summed E-state index contributed by atoms with van der Waals surface area (Å²) in [5.41, 5.74) is 5.32. The third-order valence-electron chi connectivity index (χ3n) is 4.10. The smallest absolute Gasteiger partial charge is 0.175 e. The first-order chi connectivity index (χ1) is 10.4. The summed E-state index contributed by atoms with van der Waals surface area (Å²) < 4.78 is 1.85. The summed E-state index contributed by atoms with van der Waals surface area (Å²) in [4.78, 5) is 0. The predicted molar refractivity (Wildman–Crippen MR) is 97.7 cm³/mol. The number of aryl methyl sites for hydroxylation is 2. The minimum Gasteiger partial charge on any atom is -0.332 e. The molecular weight excluding hydrogens is 292 g/mol. The third-order valence-corrected chi connectivity index (χ3v) is 4.30. The van der Waals surface area contributed by atoms with Crippen molar-refractivity contribution in [3.8, 4) is 0 Å². The van der Waals surface area contributed by atoms with Gasteiger partial charge in [-0.05, 0) is 56.1 Å². The Morgan fingerprint density at radius 3 is 2.36 bits per heavy atom. The van der Waals surface area contributed by atoms with E-state index in [1.807, 2.05) is 25.6 Å². The second-order valence-corrected chi connectivity index (χ2v) is 6.09. The van der Waals surface area contributed by atoms with Crippen LogP contribution < -0.4 is 10.6 Å². The zero-order valence-corrected chi connectivity index (χ0v) is 14.7. The number of benzene rings is 1. The summed E-state index contributed by atoms with van der Waals surface area (Å²) in [6, 6.07) is 8.44. The van der Waals surface area contributed by atoms with Gasteiger partial charge in [0.25, 0.3) is 0 Å². The molecule has 0 radical (unpaired) electrons. The summed E-state index contributed by atoms with van der Waals surface area (Å²) in [5.74, 6) is 0.583. The van der Waals surface area contributed by atoms with Crippen LogP contribution in [0.4, 0.5) is 11.4 Å². The molecule has 0 aliphatic carbocycles. The lowest BCUT2D eigenvalue weighted by atomic mass is 9.99. The number of hydrogen-bond donors (Lipinski definition) is 2. The number of nitrogens with one attached hydrogen (secondary N) is 2. The highest BCUT2D eigenvalue weighted by Gasteiger charge is 2.10. The van der Waals surface area contributed by atoms with Crippen molar-refractivity contribution in [2.75, 3.05) is 10.6 Å². The van der Waals surface area contributed by atoms with Crippen LogP contribution >= 0.6 is 12.2 Å². The standard InChI is InChI=1S/C17H24N4S/c1-6-11(2)14-7-9-15(10-8-14)18-17(22)19-16-12(3)20-21(5)13(16)4/h7-11H,6H2,1-5H3,(H2,18,19,22). The number of thiocarbonyl (C=S) groups is 1. The maximum atomic E-state index is 5.39. The SMILES string of the molecule is CCC(C)c1ccc(NC(=S)Nc2c(C)nn(C)c2C)cc1. The highest BCUT2D eigenvalue weighted by molar-refractivity contribution is 7.80. The average molecular weight is 316 g/mol. The van der Waals surface area contributed by atoms with Crippen LogP contribution in [0.3, 0.4) is 0 Å². The molecule has 4 nitrogen and oxygen atoms in total. The molecular formula is C17H24N4S. The van der Waals surface area contributed by atoms with Gasteiger partial charge in [0.15, 0.2) is 5.11 Å². The summed E-state index contributed by atoms with van der Waals surface area (Å²) in [6.07, 6.45) is 1.15. The topological polar surface area (TPSA) is 41.9 Å². The normalized spacial score (nSPS) is 12.0. The van der Waals surface area contributed by atoms with E-state index >= 15 is 0 Å². The van der Waals surface area contributed by atoms with Crippen LogP contribution in [0.2, 0.25) is 0 Å². The average Bonchev–Trinajstić information content (AvgIpc) is 2.73. The summed E-state index contributed by atoms with van der Waals surface area (Å²) in [5, 5.41) is 11.4. The zero-order valence-electron chi connectivity index (χ0n) is 13.9. The molecule has 1 aromatic carbocycles. The minimum absolute atomic E-state index is 0.579. The van der Waals surface area contributed by atoms with Crippen LogP contribution in [-0.4, -0.2) is 14.9 Å². The summed E-state index contributed by atoms with van der Waals surface area (Å²) >= 11 is 5.39. The number of nitrogens with zero attached hydrogens (tertiary/aromatic N) is 2. The maximum absolute atomic E-state index is 5.39. The Kier molecular flexibility index (Phi) is 5.19. The van der Waals surface area contributed by atoms with Crippen LogP contribution in [0.15, 0.2) is 24.3 Å². The van der Waals surface area contributed by atoms with E-state index in [-0.39, 0.29) is 0 Å². The highest BCUT2D eigenvalue weighted by Crippen LogP contribution is 2.21. The van der Waals surface area contributed by atoms with Crippen molar-refractivity contribution in [3.63, 3.8) is 0 Å². The summed E-state index contributed by atoms with van der Waals surface area (Å²) in [6.45, 7) is 8.43. The molecule has 1 heterocycles. The van der Waals surface area contributed by atoms with Crippen molar-refractivity contribution < 1.29 is 0 Å². The van der Waals surface area contributed by atoms with Crippen LogP contribution in [0.5, 0.6) is 0 Å². The molecule has 0 fully saturated rings. The fourth-order valence-corrected chi connectivity index (χ4v) is 2.58. The first kappa shape index (κ1) is 16.5. The Bertz CT molecular complexity index is 658. The Labute approximate surface area is 137 Å². The van der Waals surface area contributed by atoms with E-state index in [1.165, 1.54) is 5.56 Å². The van der Waals surface area contributed by atoms with Crippen molar-refractivity contribution in [2.45, 2.75) is 40.0 Å². The van der Waals surface area contributed by atoms with Gasteiger partial charge in [-0.25, -0.2) is 0 Å². The van der Waals surface area contributed by atoms with E-state index in [0.717, 1.165) is 29.2 Å². The van der Waals surface area contributed by atoms with E-state index in [2.05, 4.69) is 53.8 Å². The molecule has 0 bridgehead atoms. The van der Waals surface area contributed by atoms with Gasteiger partial charge in [-0.1, -0.05) is 26.0 Å². The Hall–Kier alpha value is -1.88. The molecule has 1 atom stereocenters. The largest absolute Gasteiger partial charge is 0.332 e. The first-order valence-electron chi connectivity index (χ1n) is 7.60. The molecule has 2 aromatic rings. The monoisotopic (exact) mass is 316 g/mol. The molecule has 0 saturated carbocycles. The van der Waals surface area contributed by atoms with Gasteiger partial charge in [-0.2, -0.15) is 5.10 Å². The number of rotatable bonds is 4. The molecule has 2 rings (SSSR count). The molecule has 0 aliphatic rings. The molecule has 0 aliphatic heterocycles. The number of anilines is 2. The molecule has 1 aromatic heterocycles. The summed E-state index contributed by atoms with van der Waals surface area (Å²) in [7, 11) is 1.93. The maximum Gasteiger partial charge on any atom is 0.175 e. The molecule has 118 valence electrons. The molecule has 0 amide bonds. The van der Waals surface area contributed by atoms with Gasteiger partial charge in [0.2, 0.25) is 0 Å². The van der Waals surface area contributed by atoms with Crippen molar-refractivity contribution >= 4 is 28.7 Å². The lowest BCUT2D eigenvalue weighted by Gasteiger charge is -2.13. The van der Waals surface area contributed by atoms with Crippen molar-refractivity contribution in [2.24, 2.45) is 7.05 Å². The molecule has 1 unspecified atom stereocenters. The highest BCUT2D eigenvalue weighted by atomic mass is 32.1. The lowest BCUT2D eigenvalue weighted by Crippen LogP contribution is -2.19. The quantitative estimate of drug-likeness (QED) is 0.822. The molecule has 2 N–H and O–H groups in total. The minimum atomic E-state index is 0.579. The number of aromatic nitrogens is 2. The van der Waals surface area contributed by atoms with Gasteiger partial charge < -0.3 is 10.6 Å². The lowest BCUT2D eigenvalue weighted by molar-refractivity contribution is 0.731. The van der Waals surface area contributed by atoms with Gasteiger partial charge >= 0.3 is 0 Å². The molecule has 0 spiro atoms.